The molecule has 9 heteroatoms. The number of aliphatic hydroxyl groups is 1. The summed E-state index contributed by atoms with van der Waals surface area (Å²) in [7, 11) is 0. The van der Waals surface area contributed by atoms with Crippen LogP contribution >= 0.6 is 0 Å². The van der Waals surface area contributed by atoms with Crippen LogP contribution in [0.4, 0.5) is 10.5 Å². The van der Waals surface area contributed by atoms with Crippen molar-refractivity contribution in [3.05, 3.63) is 29.8 Å². The number of β-amino-alcohol motifs (C(OH)–C–C–N with tert-alkyl or cyclic N) is 1. The highest BCUT2D eigenvalue weighted by Gasteiger charge is 2.29. The highest BCUT2D eigenvalue weighted by Crippen LogP contribution is 2.21. The van der Waals surface area contributed by atoms with E-state index >= 15 is 0 Å². The number of ether oxygens (including phenoxy) is 3. The molecule has 2 rings (SSSR count). The van der Waals surface area contributed by atoms with Gasteiger partial charge in [-0.1, -0.05) is 12.1 Å². The largest absolute Gasteiger partial charge is 0.458 e. The number of anilines is 1. The second kappa shape index (κ2) is 12.6. The summed E-state index contributed by atoms with van der Waals surface area (Å²) in [6.07, 6.45) is -1.03. The van der Waals surface area contributed by atoms with E-state index in [1.165, 1.54) is 0 Å². The maximum atomic E-state index is 12.8. The van der Waals surface area contributed by atoms with Crippen molar-refractivity contribution in [2.24, 2.45) is 0 Å². The number of hydrogen-bond acceptors (Lipinski definition) is 8. The Hall–Kier alpha value is -2.36. The van der Waals surface area contributed by atoms with Gasteiger partial charge in [0.2, 0.25) is 0 Å². The van der Waals surface area contributed by atoms with Gasteiger partial charge in [0.15, 0.2) is 0 Å². The summed E-state index contributed by atoms with van der Waals surface area (Å²) >= 11 is 0. The van der Waals surface area contributed by atoms with Gasteiger partial charge in [-0.15, -0.1) is 0 Å². The summed E-state index contributed by atoms with van der Waals surface area (Å²) in [5.41, 5.74) is 0.388. The molecule has 1 saturated heterocycles. The number of esters is 1. The van der Waals surface area contributed by atoms with Crippen molar-refractivity contribution in [3.63, 3.8) is 0 Å². The highest BCUT2D eigenvalue weighted by atomic mass is 16.6. The average molecular weight is 494 g/mol. The summed E-state index contributed by atoms with van der Waals surface area (Å²) in [6, 6.07) is 6.76. The second-order valence-electron chi connectivity index (χ2n) is 10.8. The molecular weight excluding hydrogens is 450 g/mol. The first-order chi connectivity index (χ1) is 16.3. The summed E-state index contributed by atoms with van der Waals surface area (Å²) in [6.45, 7) is 16.9. The lowest BCUT2D eigenvalue weighted by Gasteiger charge is -2.40. The number of nitrogens with one attached hydrogen (secondary N) is 1. The molecule has 1 aliphatic heterocycles. The molecule has 9 nitrogen and oxygen atoms in total. The molecule has 1 aromatic rings. The summed E-state index contributed by atoms with van der Waals surface area (Å²) in [4.78, 5) is 29.3. The summed E-state index contributed by atoms with van der Waals surface area (Å²) < 4.78 is 16.3. The van der Waals surface area contributed by atoms with Crippen molar-refractivity contribution < 1.29 is 28.9 Å². The molecule has 0 aromatic heterocycles. The summed E-state index contributed by atoms with van der Waals surface area (Å²) in [5.74, 6) is -0.522. The van der Waals surface area contributed by atoms with Crippen LogP contribution in [0.1, 0.15) is 54.0 Å². The van der Waals surface area contributed by atoms with E-state index in [9.17, 15) is 14.7 Å². The number of carbonyl (C=O) groups excluding carboxylic acids is 2. The molecule has 1 heterocycles. The number of carbonyl (C=O) groups is 2. The predicted molar refractivity (Wildman–Crippen MR) is 135 cm³/mol. The minimum absolute atomic E-state index is 0.252. The molecule has 1 aliphatic rings. The second-order valence-corrected chi connectivity index (χ2v) is 10.8. The first-order valence-electron chi connectivity index (χ1n) is 12.3. The van der Waals surface area contributed by atoms with Crippen LogP contribution in [0.25, 0.3) is 0 Å². The first-order valence-corrected chi connectivity index (χ1v) is 12.3. The van der Waals surface area contributed by atoms with Gasteiger partial charge >= 0.3 is 12.1 Å². The van der Waals surface area contributed by atoms with Gasteiger partial charge in [-0.3, -0.25) is 4.90 Å². The third kappa shape index (κ3) is 10.4. The van der Waals surface area contributed by atoms with Crippen LogP contribution in [0, 0.1) is 0 Å². The van der Waals surface area contributed by atoms with E-state index in [0.717, 1.165) is 24.3 Å². The average Bonchev–Trinajstić information content (AvgIpc) is 2.72. The van der Waals surface area contributed by atoms with Crippen molar-refractivity contribution in [3.8, 4) is 0 Å². The van der Waals surface area contributed by atoms with Crippen LogP contribution in [0.2, 0.25) is 0 Å². The maximum Gasteiger partial charge on any atom is 0.408 e. The van der Waals surface area contributed by atoms with E-state index in [4.69, 9.17) is 14.2 Å². The smallest absolute Gasteiger partial charge is 0.408 e. The van der Waals surface area contributed by atoms with E-state index < -0.39 is 35.5 Å². The lowest BCUT2D eigenvalue weighted by atomic mass is 10.0. The fourth-order valence-corrected chi connectivity index (χ4v) is 3.74. The molecule has 2 unspecified atom stereocenters. The van der Waals surface area contributed by atoms with Crippen molar-refractivity contribution in [1.29, 1.82) is 0 Å². The number of aliphatic hydroxyl groups excluding tert-OH is 1. The fraction of sp³-hybridized carbons (Fsp3) is 0.692. The van der Waals surface area contributed by atoms with Gasteiger partial charge in [0, 0.05) is 44.9 Å². The standard InChI is InChI=1S/C26H43N3O6/c1-8-33-16-15-28-13-14-29(22(30)18-28)20-11-9-19(10-12-20)17-21(23(31)34-25(2,3)4)27-24(32)35-26(5,6)7/h9-12,21-22,30H,8,13-18H2,1-7H3,(H,27,32). The van der Waals surface area contributed by atoms with Crippen LogP contribution in [0.5, 0.6) is 0 Å². The van der Waals surface area contributed by atoms with Gasteiger partial charge in [-0.05, 0) is 66.2 Å². The quantitative estimate of drug-likeness (QED) is 0.400. The molecule has 0 saturated carbocycles. The van der Waals surface area contributed by atoms with Gasteiger partial charge in [0.1, 0.15) is 23.5 Å². The molecule has 0 aliphatic carbocycles. The molecule has 1 fully saturated rings. The van der Waals surface area contributed by atoms with E-state index in [2.05, 4.69) is 10.2 Å². The third-order valence-corrected chi connectivity index (χ3v) is 5.28. The molecule has 0 radical (unpaired) electrons. The number of nitrogens with zero attached hydrogens (tertiary/aromatic N) is 2. The number of alkyl carbamates (subject to hydrolysis) is 1. The zero-order chi connectivity index (χ0) is 26.2. The van der Waals surface area contributed by atoms with Crippen molar-refractivity contribution in [1.82, 2.24) is 10.2 Å². The fourth-order valence-electron chi connectivity index (χ4n) is 3.74. The normalized spacial score (nSPS) is 18.2. The Morgan fingerprint density at radius 1 is 1.06 bits per heavy atom. The summed E-state index contributed by atoms with van der Waals surface area (Å²) in [5, 5.41) is 13.3. The Balaban J connectivity index is 2.04. The molecule has 198 valence electrons. The van der Waals surface area contributed by atoms with E-state index in [1.807, 2.05) is 36.1 Å². The number of amides is 1. The Kier molecular flexibility index (Phi) is 10.4. The van der Waals surface area contributed by atoms with Crippen molar-refractivity contribution in [2.45, 2.75) is 78.4 Å². The Morgan fingerprint density at radius 3 is 2.23 bits per heavy atom. The lowest BCUT2D eigenvalue weighted by molar-refractivity contribution is -0.157. The van der Waals surface area contributed by atoms with Crippen molar-refractivity contribution >= 4 is 17.7 Å². The number of piperazine rings is 1. The molecule has 0 bridgehead atoms. The zero-order valence-corrected chi connectivity index (χ0v) is 22.3. The van der Waals surface area contributed by atoms with Crippen LogP contribution in [0.15, 0.2) is 24.3 Å². The Labute approximate surface area is 209 Å². The van der Waals surface area contributed by atoms with Crippen molar-refractivity contribution in [2.75, 3.05) is 44.3 Å². The SMILES string of the molecule is CCOCCN1CCN(c2ccc(CC(NC(=O)OC(C)(C)C)C(=O)OC(C)(C)C)cc2)C(O)C1. The molecule has 2 N–H and O–H groups in total. The third-order valence-electron chi connectivity index (χ3n) is 5.28. The minimum Gasteiger partial charge on any atom is -0.458 e. The highest BCUT2D eigenvalue weighted by molar-refractivity contribution is 5.82. The Morgan fingerprint density at radius 2 is 1.69 bits per heavy atom. The number of hydrogen-bond donors (Lipinski definition) is 2. The zero-order valence-electron chi connectivity index (χ0n) is 22.3. The number of rotatable bonds is 9. The maximum absolute atomic E-state index is 12.8. The van der Waals surface area contributed by atoms with Crippen LogP contribution in [-0.2, 0) is 25.4 Å². The van der Waals surface area contributed by atoms with Crippen LogP contribution in [-0.4, -0.2) is 84.9 Å². The van der Waals surface area contributed by atoms with Gasteiger partial charge in [0.05, 0.1) is 6.61 Å². The van der Waals surface area contributed by atoms with Crippen LogP contribution in [0.3, 0.4) is 0 Å². The molecule has 2 atom stereocenters. The molecule has 0 spiro atoms. The minimum atomic E-state index is -0.894. The van der Waals surface area contributed by atoms with Gasteiger partial charge in [-0.2, -0.15) is 0 Å². The van der Waals surface area contributed by atoms with Gasteiger partial charge in [-0.25, -0.2) is 9.59 Å². The first kappa shape index (κ1) is 28.9. The van der Waals surface area contributed by atoms with E-state index in [0.29, 0.717) is 26.3 Å². The molecular formula is C26H43N3O6. The van der Waals surface area contributed by atoms with Gasteiger partial charge < -0.3 is 29.5 Å². The number of benzene rings is 1. The van der Waals surface area contributed by atoms with E-state index in [-0.39, 0.29) is 6.42 Å². The van der Waals surface area contributed by atoms with E-state index in [1.54, 1.807) is 41.5 Å². The molecule has 1 amide bonds. The topological polar surface area (TPSA) is 101 Å². The lowest BCUT2D eigenvalue weighted by Crippen LogP contribution is -2.53. The molecule has 1 aromatic carbocycles. The van der Waals surface area contributed by atoms with Crippen LogP contribution < -0.4 is 10.2 Å². The molecule has 35 heavy (non-hydrogen) atoms. The monoisotopic (exact) mass is 493 g/mol. The van der Waals surface area contributed by atoms with Gasteiger partial charge in [0.25, 0.3) is 0 Å². The Bertz CT molecular complexity index is 816. The predicted octanol–water partition coefficient (Wildman–Crippen LogP) is 2.94.